The van der Waals surface area contributed by atoms with Crippen LogP contribution in [0.25, 0.3) is 0 Å². The van der Waals surface area contributed by atoms with Crippen molar-refractivity contribution in [1.29, 1.82) is 0 Å². The molecule has 8 unspecified atom stereocenters. The summed E-state index contributed by atoms with van der Waals surface area (Å²) in [6, 6.07) is 0. The Balaban J connectivity index is 1.26. The molecular formula is C27H45NO2. The molecule has 1 heterocycles. The van der Waals surface area contributed by atoms with Crippen LogP contribution in [0.2, 0.25) is 0 Å². The maximum atomic E-state index is 13.5. The number of piperidine rings is 1. The molecule has 1 amide bonds. The van der Waals surface area contributed by atoms with Crippen LogP contribution in [0.4, 0.5) is 0 Å². The van der Waals surface area contributed by atoms with Crippen molar-refractivity contribution in [3.05, 3.63) is 0 Å². The highest BCUT2D eigenvalue weighted by molar-refractivity contribution is 5.80. The van der Waals surface area contributed by atoms with E-state index >= 15 is 0 Å². The average Bonchev–Trinajstić information content (AvgIpc) is 3.14. The molecule has 3 nitrogen and oxygen atoms in total. The molecule has 8 atom stereocenters. The number of hydrogen-bond acceptors (Lipinski definition) is 2. The van der Waals surface area contributed by atoms with Crippen LogP contribution in [0.5, 0.6) is 0 Å². The van der Waals surface area contributed by atoms with Crippen molar-refractivity contribution in [1.82, 2.24) is 4.90 Å². The van der Waals surface area contributed by atoms with E-state index in [1.54, 1.807) is 0 Å². The summed E-state index contributed by atoms with van der Waals surface area (Å²) in [7, 11) is 0. The zero-order valence-electron chi connectivity index (χ0n) is 19.6. The molecule has 0 bridgehead atoms. The standard InChI is InChI=1S/C27H45NO2/c1-3-30-18-19-7-9-21-20(17-19)8-10-23-22(21)13-14-27(2)24(23)11-12-25(27)26(29)28-15-5-4-6-16-28/h19-25H,3-18H2,1-2H3. The molecule has 0 aromatic heterocycles. The van der Waals surface area contributed by atoms with E-state index in [0.717, 1.165) is 61.8 Å². The molecule has 5 aliphatic rings. The first-order valence-corrected chi connectivity index (χ1v) is 13.5. The van der Waals surface area contributed by atoms with Gasteiger partial charge in [-0.1, -0.05) is 6.92 Å². The van der Waals surface area contributed by atoms with Crippen molar-refractivity contribution in [2.24, 2.45) is 46.8 Å². The van der Waals surface area contributed by atoms with Gasteiger partial charge in [0.2, 0.25) is 5.91 Å². The minimum absolute atomic E-state index is 0.286. The largest absolute Gasteiger partial charge is 0.381 e. The third kappa shape index (κ3) is 3.65. The van der Waals surface area contributed by atoms with Gasteiger partial charge in [-0.25, -0.2) is 0 Å². The third-order valence-corrected chi connectivity index (χ3v) is 10.6. The Hall–Kier alpha value is -0.570. The molecule has 0 aromatic rings. The highest BCUT2D eigenvalue weighted by Crippen LogP contribution is 2.64. The second-order valence-electron chi connectivity index (χ2n) is 11.8. The van der Waals surface area contributed by atoms with Crippen LogP contribution in [0.3, 0.4) is 0 Å². The Morgan fingerprint density at radius 2 is 1.73 bits per heavy atom. The van der Waals surface area contributed by atoms with Crippen LogP contribution in [0.1, 0.15) is 90.9 Å². The minimum Gasteiger partial charge on any atom is -0.381 e. The van der Waals surface area contributed by atoms with Gasteiger partial charge in [0.1, 0.15) is 0 Å². The summed E-state index contributed by atoms with van der Waals surface area (Å²) in [5.74, 6) is 6.28. The molecule has 0 radical (unpaired) electrons. The van der Waals surface area contributed by atoms with Crippen molar-refractivity contribution >= 4 is 5.91 Å². The summed E-state index contributed by atoms with van der Waals surface area (Å²) in [5.41, 5.74) is 0.286. The van der Waals surface area contributed by atoms with Gasteiger partial charge in [-0.2, -0.15) is 0 Å². The number of fused-ring (bicyclic) bond motifs is 5. The van der Waals surface area contributed by atoms with E-state index in [9.17, 15) is 4.79 Å². The van der Waals surface area contributed by atoms with Gasteiger partial charge < -0.3 is 9.64 Å². The Labute approximate surface area is 184 Å². The zero-order valence-corrected chi connectivity index (χ0v) is 19.6. The average molecular weight is 416 g/mol. The summed E-state index contributed by atoms with van der Waals surface area (Å²) >= 11 is 0. The summed E-state index contributed by atoms with van der Waals surface area (Å²) in [6.07, 6.45) is 16.1. The quantitative estimate of drug-likeness (QED) is 0.570. The molecule has 3 heteroatoms. The molecule has 4 aliphatic carbocycles. The second-order valence-corrected chi connectivity index (χ2v) is 11.8. The maximum absolute atomic E-state index is 13.5. The molecular weight excluding hydrogens is 370 g/mol. The first-order chi connectivity index (χ1) is 14.6. The molecule has 4 saturated carbocycles. The Bertz CT molecular complexity index is 614. The molecule has 5 rings (SSSR count). The van der Waals surface area contributed by atoms with E-state index < -0.39 is 0 Å². The number of carbonyl (C=O) groups is 1. The molecule has 1 saturated heterocycles. The van der Waals surface area contributed by atoms with E-state index in [0.29, 0.717) is 11.8 Å². The van der Waals surface area contributed by atoms with Crippen molar-refractivity contribution in [3.63, 3.8) is 0 Å². The van der Waals surface area contributed by atoms with Gasteiger partial charge in [-0.05, 0) is 125 Å². The lowest BCUT2D eigenvalue weighted by molar-refractivity contribution is -0.144. The highest BCUT2D eigenvalue weighted by Gasteiger charge is 2.58. The molecule has 1 aliphatic heterocycles. The van der Waals surface area contributed by atoms with E-state index in [1.165, 1.54) is 77.0 Å². The predicted octanol–water partition coefficient (Wildman–Crippen LogP) is 5.92. The maximum Gasteiger partial charge on any atom is 0.226 e. The van der Waals surface area contributed by atoms with Crippen molar-refractivity contribution < 1.29 is 9.53 Å². The van der Waals surface area contributed by atoms with Gasteiger partial charge in [0.25, 0.3) is 0 Å². The third-order valence-electron chi connectivity index (χ3n) is 10.6. The summed E-state index contributed by atoms with van der Waals surface area (Å²) in [6.45, 7) is 8.56. The van der Waals surface area contributed by atoms with E-state index in [4.69, 9.17) is 4.74 Å². The van der Waals surface area contributed by atoms with Gasteiger partial charge in [0, 0.05) is 32.2 Å². The number of likely N-dealkylation sites (tertiary alicyclic amines) is 1. The summed E-state index contributed by atoms with van der Waals surface area (Å²) in [4.78, 5) is 15.7. The SMILES string of the molecule is CCOCC1CCC2C(CCC3C2CCC2(C)C(C(=O)N4CCCCC4)CCC32)C1. The van der Waals surface area contributed by atoms with Gasteiger partial charge in [0.05, 0.1) is 0 Å². The first kappa shape index (κ1) is 21.3. The number of carbonyl (C=O) groups excluding carboxylic acids is 1. The number of hydrogen-bond donors (Lipinski definition) is 0. The van der Waals surface area contributed by atoms with Crippen LogP contribution in [0.15, 0.2) is 0 Å². The smallest absolute Gasteiger partial charge is 0.226 e. The topological polar surface area (TPSA) is 29.5 Å². The zero-order chi connectivity index (χ0) is 20.7. The summed E-state index contributed by atoms with van der Waals surface area (Å²) < 4.78 is 5.78. The highest BCUT2D eigenvalue weighted by atomic mass is 16.5. The minimum atomic E-state index is 0.286. The lowest BCUT2D eigenvalue weighted by Crippen LogP contribution is -2.51. The Morgan fingerprint density at radius 1 is 0.933 bits per heavy atom. The lowest BCUT2D eigenvalue weighted by atomic mass is 9.49. The fourth-order valence-electron chi connectivity index (χ4n) is 9.13. The van der Waals surface area contributed by atoms with Crippen LogP contribution in [0, 0.1) is 46.8 Å². The Kier molecular flexibility index (Phi) is 6.21. The molecule has 0 N–H and O–H groups in total. The molecule has 5 fully saturated rings. The van der Waals surface area contributed by atoms with E-state index in [1.807, 2.05) is 0 Å². The van der Waals surface area contributed by atoms with Gasteiger partial charge in [0.15, 0.2) is 0 Å². The van der Waals surface area contributed by atoms with Crippen molar-refractivity contribution in [2.45, 2.75) is 90.9 Å². The Morgan fingerprint density at radius 3 is 2.53 bits per heavy atom. The van der Waals surface area contributed by atoms with Gasteiger partial charge >= 0.3 is 0 Å². The van der Waals surface area contributed by atoms with E-state index in [-0.39, 0.29) is 5.41 Å². The number of amides is 1. The number of ether oxygens (including phenoxy) is 1. The number of nitrogens with zero attached hydrogens (tertiary/aromatic N) is 1. The first-order valence-electron chi connectivity index (χ1n) is 13.5. The van der Waals surface area contributed by atoms with Gasteiger partial charge in [-0.15, -0.1) is 0 Å². The fraction of sp³-hybridized carbons (Fsp3) is 0.963. The molecule has 0 aromatic carbocycles. The lowest BCUT2D eigenvalue weighted by Gasteiger charge is -2.56. The normalized spacial score (nSPS) is 46.1. The van der Waals surface area contributed by atoms with Crippen LogP contribution in [-0.4, -0.2) is 37.1 Å². The van der Waals surface area contributed by atoms with E-state index in [2.05, 4.69) is 18.7 Å². The van der Waals surface area contributed by atoms with Crippen LogP contribution in [-0.2, 0) is 9.53 Å². The van der Waals surface area contributed by atoms with Crippen LogP contribution >= 0.6 is 0 Å². The fourth-order valence-corrected chi connectivity index (χ4v) is 9.13. The number of rotatable bonds is 4. The van der Waals surface area contributed by atoms with Crippen molar-refractivity contribution in [2.75, 3.05) is 26.3 Å². The summed E-state index contributed by atoms with van der Waals surface area (Å²) in [5, 5.41) is 0. The van der Waals surface area contributed by atoms with Gasteiger partial charge in [-0.3, -0.25) is 4.79 Å². The molecule has 0 spiro atoms. The second kappa shape index (κ2) is 8.75. The molecule has 30 heavy (non-hydrogen) atoms. The van der Waals surface area contributed by atoms with Crippen molar-refractivity contribution in [3.8, 4) is 0 Å². The van der Waals surface area contributed by atoms with Crippen LogP contribution < -0.4 is 0 Å². The molecule has 170 valence electrons. The monoisotopic (exact) mass is 415 g/mol. The predicted molar refractivity (Wildman–Crippen MR) is 121 cm³/mol.